The van der Waals surface area contributed by atoms with E-state index < -0.39 is 0 Å². The normalized spacial score (nSPS) is 11.4. The number of rotatable bonds is 3. The van der Waals surface area contributed by atoms with Gasteiger partial charge in [-0.3, -0.25) is 0 Å². The van der Waals surface area contributed by atoms with Crippen LogP contribution >= 0.6 is 23.2 Å². The molecule has 0 N–H and O–H groups in total. The molecule has 0 aliphatic heterocycles. The summed E-state index contributed by atoms with van der Waals surface area (Å²) in [4.78, 5) is 4.31. The first kappa shape index (κ1) is 12.9. The van der Waals surface area contributed by atoms with Crippen molar-refractivity contribution in [2.75, 3.05) is 7.11 Å². The third-order valence-electron chi connectivity index (χ3n) is 2.36. The summed E-state index contributed by atoms with van der Waals surface area (Å²) >= 11 is 12.0. The Morgan fingerprint density at radius 1 is 1.11 bits per heavy atom. The average molecular weight is 280 g/mol. The molecule has 0 amide bonds. The van der Waals surface area contributed by atoms with E-state index in [9.17, 15) is 0 Å². The minimum absolute atomic E-state index is 0.405. The van der Waals surface area contributed by atoms with Crippen LogP contribution < -0.4 is 4.74 Å². The van der Waals surface area contributed by atoms with Crippen molar-refractivity contribution in [3.63, 3.8) is 0 Å². The standard InChI is InChI=1S/C14H11Cl2NO/c1-18-13-7-5-12(6-8-13)17-14(16)10-3-2-4-11(15)9-10/h2-9H,1H3. The zero-order valence-corrected chi connectivity index (χ0v) is 11.2. The largest absolute Gasteiger partial charge is 0.497 e. The van der Waals surface area contributed by atoms with E-state index >= 15 is 0 Å². The molecule has 0 spiro atoms. The number of ether oxygens (including phenoxy) is 1. The Morgan fingerprint density at radius 2 is 1.83 bits per heavy atom. The molecule has 2 aromatic carbocycles. The second kappa shape index (κ2) is 5.89. The second-order valence-corrected chi connectivity index (χ2v) is 4.41. The van der Waals surface area contributed by atoms with Gasteiger partial charge in [0.25, 0.3) is 0 Å². The van der Waals surface area contributed by atoms with E-state index in [0.717, 1.165) is 17.0 Å². The van der Waals surface area contributed by atoms with Crippen LogP contribution in [0.4, 0.5) is 5.69 Å². The highest BCUT2D eigenvalue weighted by Gasteiger charge is 2.01. The van der Waals surface area contributed by atoms with Gasteiger partial charge in [0.05, 0.1) is 12.8 Å². The van der Waals surface area contributed by atoms with E-state index in [-0.39, 0.29) is 0 Å². The summed E-state index contributed by atoms with van der Waals surface area (Å²) in [7, 11) is 1.62. The van der Waals surface area contributed by atoms with Crippen molar-refractivity contribution in [2.24, 2.45) is 4.99 Å². The van der Waals surface area contributed by atoms with Gasteiger partial charge < -0.3 is 4.74 Å². The number of nitrogens with zero attached hydrogens (tertiary/aromatic N) is 1. The molecule has 0 heterocycles. The molecular formula is C14H11Cl2NO. The monoisotopic (exact) mass is 279 g/mol. The van der Waals surface area contributed by atoms with Crippen molar-refractivity contribution in [3.8, 4) is 5.75 Å². The molecule has 0 bridgehead atoms. The van der Waals surface area contributed by atoms with Crippen molar-refractivity contribution in [1.29, 1.82) is 0 Å². The Bertz CT molecular complexity index is 564. The molecule has 92 valence electrons. The Balaban J connectivity index is 2.26. The molecule has 0 atom stereocenters. The van der Waals surface area contributed by atoms with Crippen LogP contribution in [0.2, 0.25) is 5.02 Å². The van der Waals surface area contributed by atoms with E-state index in [4.69, 9.17) is 27.9 Å². The highest BCUT2D eigenvalue weighted by Crippen LogP contribution is 2.20. The van der Waals surface area contributed by atoms with Gasteiger partial charge in [-0.2, -0.15) is 0 Å². The lowest BCUT2D eigenvalue weighted by Gasteiger charge is -2.01. The summed E-state index contributed by atoms with van der Waals surface area (Å²) in [5.74, 6) is 0.785. The summed E-state index contributed by atoms with van der Waals surface area (Å²) in [6.07, 6.45) is 0. The quantitative estimate of drug-likeness (QED) is 0.749. The summed E-state index contributed by atoms with van der Waals surface area (Å²) in [5, 5.41) is 1.04. The number of benzene rings is 2. The van der Waals surface area contributed by atoms with Crippen LogP contribution in [-0.2, 0) is 0 Å². The summed E-state index contributed by atoms with van der Waals surface area (Å²) in [6.45, 7) is 0. The van der Waals surface area contributed by atoms with Gasteiger partial charge in [0.1, 0.15) is 10.9 Å². The first-order chi connectivity index (χ1) is 8.69. The predicted molar refractivity (Wildman–Crippen MR) is 76.5 cm³/mol. The van der Waals surface area contributed by atoms with Crippen LogP contribution in [0.3, 0.4) is 0 Å². The molecule has 0 saturated carbocycles. The summed E-state index contributed by atoms with van der Waals surface area (Å²) in [5.41, 5.74) is 1.56. The van der Waals surface area contributed by atoms with Crippen LogP contribution in [0.5, 0.6) is 5.75 Å². The fraction of sp³-hybridized carbons (Fsp3) is 0.0714. The van der Waals surface area contributed by atoms with Crippen molar-refractivity contribution in [3.05, 3.63) is 59.1 Å². The molecular weight excluding hydrogens is 269 g/mol. The summed E-state index contributed by atoms with van der Waals surface area (Å²) in [6, 6.07) is 14.6. The van der Waals surface area contributed by atoms with Gasteiger partial charge in [-0.05, 0) is 36.4 Å². The van der Waals surface area contributed by atoms with Crippen molar-refractivity contribution in [1.82, 2.24) is 0 Å². The number of hydrogen-bond donors (Lipinski definition) is 0. The maximum Gasteiger partial charge on any atom is 0.136 e. The summed E-state index contributed by atoms with van der Waals surface area (Å²) < 4.78 is 5.08. The van der Waals surface area contributed by atoms with Crippen molar-refractivity contribution < 1.29 is 4.74 Å². The fourth-order valence-corrected chi connectivity index (χ4v) is 1.86. The van der Waals surface area contributed by atoms with Crippen LogP contribution in [0.1, 0.15) is 5.56 Å². The molecule has 4 heteroatoms. The lowest BCUT2D eigenvalue weighted by atomic mass is 10.2. The zero-order chi connectivity index (χ0) is 13.0. The first-order valence-corrected chi connectivity index (χ1v) is 6.09. The van der Waals surface area contributed by atoms with Gasteiger partial charge in [-0.1, -0.05) is 35.3 Å². The van der Waals surface area contributed by atoms with Crippen LogP contribution in [0.25, 0.3) is 0 Å². The van der Waals surface area contributed by atoms with Crippen LogP contribution in [-0.4, -0.2) is 12.3 Å². The smallest absolute Gasteiger partial charge is 0.136 e. The lowest BCUT2D eigenvalue weighted by molar-refractivity contribution is 0.415. The molecule has 0 radical (unpaired) electrons. The van der Waals surface area contributed by atoms with E-state index in [2.05, 4.69) is 4.99 Å². The fourth-order valence-electron chi connectivity index (χ4n) is 1.45. The number of methoxy groups -OCH3 is 1. The molecule has 0 aliphatic carbocycles. The van der Waals surface area contributed by atoms with Crippen molar-refractivity contribution >= 4 is 34.1 Å². The van der Waals surface area contributed by atoms with E-state index in [1.54, 1.807) is 19.2 Å². The molecule has 0 fully saturated rings. The first-order valence-electron chi connectivity index (χ1n) is 5.33. The van der Waals surface area contributed by atoms with Crippen molar-refractivity contribution in [2.45, 2.75) is 0 Å². The zero-order valence-electron chi connectivity index (χ0n) is 9.73. The maximum absolute atomic E-state index is 6.15. The minimum Gasteiger partial charge on any atom is -0.497 e. The van der Waals surface area contributed by atoms with Gasteiger partial charge in [0.15, 0.2) is 0 Å². The minimum atomic E-state index is 0.405. The number of aliphatic imine (C=N–C) groups is 1. The molecule has 0 aromatic heterocycles. The highest BCUT2D eigenvalue weighted by molar-refractivity contribution is 6.69. The average Bonchev–Trinajstić information content (AvgIpc) is 2.39. The third kappa shape index (κ3) is 3.25. The van der Waals surface area contributed by atoms with Crippen LogP contribution in [0.15, 0.2) is 53.5 Å². The van der Waals surface area contributed by atoms with Crippen LogP contribution in [0, 0.1) is 0 Å². The molecule has 0 unspecified atom stereocenters. The number of hydrogen-bond acceptors (Lipinski definition) is 2. The molecule has 0 aliphatic rings. The molecule has 0 saturated heterocycles. The molecule has 18 heavy (non-hydrogen) atoms. The Hall–Kier alpha value is -1.51. The van der Waals surface area contributed by atoms with Gasteiger partial charge in [-0.25, -0.2) is 4.99 Å². The van der Waals surface area contributed by atoms with E-state index in [1.807, 2.05) is 36.4 Å². The second-order valence-electron chi connectivity index (χ2n) is 3.61. The maximum atomic E-state index is 6.15. The molecule has 2 rings (SSSR count). The third-order valence-corrected chi connectivity index (χ3v) is 2.90. The van der Waals surface area contributed by atoms with Gasteiger partial charge in [0.2, 0.25) is 0 Å². The topological polar surface area (TPSA) is 21.6 Å². The lowest BCUT2D eigenvalue weighted by Crippen LogP contribution is -1.90. The Morgan fingerprint density at radius 3 is 2.44 bits per heavy atom. The highest BCUT2D eigenvalue weighted by atomic mass is 35.5. The molecule has 2 aromatic rings. The van der Waals surface area contributed by atoms with Gasteiger partial charge >= 0.3 is 0 Å². The predicted octanol–water partition coefficient (Wildman–Crippen LogP) is 4.67. The SMILES string of the molecule is COc1ccc(N=C(Cl)c2cccc(Cl)c2)cc1. The van der Waals surface area contributed by atoms with E-state index in [0.29, 0.717) is 10.2 Å². The molecule has 2 nitrogen and oxygen atoms in total. The van der Waals surface area contributed by atoms with Gasteiger partial charge in [-0.15, -0.1) is 0 Å². The number of halogens is 2. The Labute approximate surface area is 116 Å². The van der Waals surface area contributed by atoms with Gasteiger partial charge in [0, 0.05) is 10.6 Å². The Kier molecular flexibility index (Phi) is 4.24. The van der Waals surface area contributed by atoms with E-state index in [1.165, 1.54) is 0 Å².